The number of anilines is 3. The van der Waals surface area contributed by atoms with Crippen molar-refractivity contribution in [1.82, 2.24) is 20.4 Å². The number of alkyl carbamates (subject to hydrolysis) is 2. The maximum atomic E-state index is 12.7. The highest BCUT2D eigenvalue weighted by Gasteiger charge is 2.34. The smallest absolute Gasteiger partial charge is 0.407 e. The molecule has 0 aromatic heterocycles. The van der Waals surface area contributed by atoms with E-state index in [1.54, 1.807) is 53.4 Å². The summed E-state index contributed by atoms with van der Waals surface area (Å²) in [6.07, 6.45) is 5.09. The second kappa shape index (κ2) is 26.2. The summed E-state index contributed by atoms with van der Waals surface area (Å²) in [6, 6.07) is 12.3. The van der Waals surface area contributed by atoms with Crippen LogP contribution in [0.4, 0.5) is 26.7 Å². The Morgan fingerprint density at radius 2 is 1.15 bits per heavy atom. The first-order chi connectivity index (χ1) is 25.5. The SMILES string of the molecule is CCC.CCC.COC(=O)NCC(=O)N1CCCC1.COC(=O)NCC(=O)N1CCC[C@H]1C(=O)Nc1ccc(C(=O)Nc2ccc(NC=O)cc2)cc1. The molecule has 16 heteroatoms. The number of methoxy groups -OCH3 is 2. The average molecular weight is 742 g/mol. The molecule has 2 aliphatic heterocycles. The molecule has 2 heterocycles. The van der Waals surface area contributed by atoms with Gasteiger partial charge in [0.05, 0.1) is 14.2 Å². The molecule has 53 heavy (non-hydrogen) atoms. The predicted molar refractivity (Wildman–Crippen MR) is 202 cm³/mol. The van der Waals surface area contributed by atoms with Gasteiger partial charge in [0.25, 0.3) is 5.91 Å². The van der Waals surface area contributed by atoms with E-state index in [2.05, 4.69) is 63.8 Å². The van der Waals surface area contributed by atoms with Crippen LogP contribution in [0.3, 0.4) is 0 Å². The Morgan fingerprint density at radius 1 is 0.679 bits per heavy atom. The number of ether oxygens (including phenoxy) is 2. The van der Waals surface area contributed by atoms with Gasteiger partial charge in [-0.2, -0.15) is 0 Å². The summed E-state index contributed by atoms with van der Waals surface area (Å²) in [7, 11) is 2.47. The minimum atomic E-state index is -0.718. The molecular formula is C37H55N7O9. The lowest BCUT2D eigenvalue weighted by Gasteiger charge is -2.24. The molecule has 2 saturated heterocycles. The number of nitrogens with one attached hydrogen (secondary N) is 5. The maximum Gasteiger partial charge on any atom is 0.407 e. The summed E-state index contributed by atoms with van der Waals surface area (Å²) in [5, 5.41) is 12.7. The van der Waals surface area contributed by atoms with Crippen LogP contribution in [0.1, 0.15) is 76.6 Å². The number of hydrogen-bond donors (Lipinski definition) is 5. The van der Waals surface area contributed by atoms with Crippen LogP contribution in [-0.4, -0.2) is 105 Å². The van der Waals surface area contributed by atoms with Crippen molar-refractivity contribution in [3.63, 3.8) is 0 Å². The number of carbonyl (C=O) groups excluding carboxylic acids is 7. The molecule has 0 unspecified atom stereocenters. The van der Waals surface area contributed by atoms with Crippen LogP contribution in [0.15, 0.2) is 48.5 Å². The van der Waals surface area contributed by atoms with Crippen LogP contribution in [0.25, 0.3) is 0 Å². The van der Waals surface area contributed by atoms with Crippen molar-refractivity contribution < 1.29 is 43.0 Å². The Labute approximate surface area is 311 Å². The number of hydrogen-bond acceptors (Lipinski definition) is 9. The first-order valence-electron chi connectivity index (χ1n) is 17.7. The molecule has 292 valence electrons. The van der Waals surface area contributed by atoms with E-state index < -0.39 is 18.2 Å². The Kier molecular flexibility index (Phi) is 22.4. The maximum absolute atomic E-state index is 12.7. The van der Waals surface area contributed by atoms with Gasteiger partial charge in [0.1, 0.15) is 19.1 Å². The van der Waals surface area contributed by atoms with Gasteiger partial charge in [-0.1, -0.05) is 40.5 Å². The lowest BCUT2D eigenvalue weighted by Crippen LogP contribution is -2.47. The summed E-state index contributed by atoms with van der Waals surface area (Å²) in [5.41, 5.74) is 2.04. The zero-order valence-corrected chi connectivity index (χ0v) is 31.6. The van der Waals surface area contributed by atoms with E-state index in [4.69, 9.17) is 0 Å². The highest BCUT2D eigenvalue weighted by atomic mass is 16.5. The van der Waals surface area contributed by atoms with Gasteiger partial charge in [-0.3, -0.25) is 24.0 Å². The molecule has 2 aromatic rings. The predicted octanol–water partition coefficient (Wildman–Crippen LogP) is 4.59. The summed E-state index contributed by atoms with van der Waals surface area (Å²) in [5.74, 6) is -1.09. The summed E-state index contributed by atoms with van der Waals surface area (Å²) >= 11 is 0. The van der Waals surface area contributed by atoms with Gasteiger partial charge in [-0.25, -0.2) is 9.59 Å². The van der Waals surface area contributed by atoms with E-state index >= 15 is 0 Å². The van der Waals surface area contributed by atoms with Gasteiger partial charge < -0.3 is 45.9 Å². The molecule has 5 N–H and O–H groups in total. The molecule has 1 atom stereocenters. The highest BCUT2D eigenvalue weighted by Crippen LogP contribution is 2.20. The molecule has 0 bridgehead atoms. The molecule has 2 aliphatic rings. The van der Waals surface area contributed by atoms with E-state index in [-0.39, 0.29) is 36.7 Å². The van der Waals surface area contributed by atoms with Crippen molar-refractivity contribution in [2.75, 3.05) is 62.9 Å². The summed E-state index contributed by atoms with van der Waals surface area (Å²) in [4.78, 5) is 84.3. The van der Waals surface area contributed by atoms with Gasteiger partial charge in [-0.15, -0.1) is 0 Å². The first kappa shape index (κ1) is 45.4. The summed E-state index contributed by atoms with van der Waals surface area (Å²) < 4.78 is 8.79. The topological polar surface area (TPSA) is 205 Å². The van der Waals surface area contributed by atoms with Crippen LogP contribution in [0.5, 0.6) is 0 Å². The minimum Gasteiger partial charge on any atom is -0.453 e. The quantitative estimate of drug-likeness (QED) is 0.216. The highest BCUT2D eigenvalue weighted by molar-refractivity contribution is 6.05. The second-order valence-electron chi connectivity index (χ2n) is 11.8. The first-order valence-corrected chi connectivity index (χ1v) is 17.7. The van der Waals surface area contributed by atoms with Crippen LogP contribution >= 0.6 is 0 Å². The van der Waals surface area contributed by atoms with E-state index in [1.807, 2.05) is 0 Å². The second-order valence-corrected chi connectivity index (χ2v) is 11.8. The largest absolute Gasteiger partial charge is 0.453 e. The van der Waals surface area contributed by atoms with Crippen molar-refractivity contribution in [1.29, 1.82) is 0 Å². The fourth-order valence-corrected chi connectivity index (χ4v) is 4.81. The normalized spacial score (nSPS) is 13.9. The third-order valence-electron chi connectivity index (χ3n) is 7.26. The third-order valence-corrected chi connectivity index (χ3v) is 7.26. The molecule has 0 aliphatic carbocycles. The van der Waals surface area contributed by atoms with Gasteiger partial charge in [0.15, 0.2) is 0 Å². The zero-order chi connectivity index (χ0) is 39.6. The van der Waals surface area contributed by atoms with E-state index in [9.17, 15) is 33.6 Å². The number of nitrogens with zero attached hydrogens (tertiary/aromatic N) is 2. The number of benzene rings is 2. The number of carbonyl (C=O) groups is 7. The lowest BCUT2D eigenvalue weighted by molar-refractivity contribution is -0.135. The Morgan fingerprint density at radius 3 is 1.66 bits per heavy atom. The third kappa shape index (κ3) is 17.4. The zero-order valence-electron chi connectivity index (χ0n) is 31.6. The van der Waals surface area contributed by atoms with Crippen molar-refractivity contribution >= 4 is 59.3 Å². The van der Waals surface area contributed by atoms with Crippen LogP contribution in [-0.2, 0) is 28.7 Å². The van der Waals surface area contributed by atoms with Crippen LogP contribution < -0.4 is 26.6 Å². The van der Waals surface area contributed by atoms with Crippen molar-refractivity contribution in [2.24, 2.45) is 0 Å². The molecule has 0 saturated carbocycles. The monoisotopic (exact) mass is 741 g/mol. The molecule has 4 rings (SSSR count). The van der Waals surface area contributed by atoms with Gasteiger partial charge in [-0.05, 0) is 74.2 Å². The van der Waals surface area contributed by atoms with E-state index in [0.717, 1.165) is 25.9 Å². The molecule has 0 radical (unpaired) electrons. The standard InChI is InChI=1S/C23H25N5O6.C8H14N2O3.2C3H8/c1-34-23(33)24-13-20(30)28-12-2-3-19(28)22(32)27-17-6-4-15(5-7-17)21(31)26-18-10-8-16(9-11-18)25-14-29;1-13-8(12)9-6-7(11)10-4-2-3-5-10;2*1-3-2/h4-11,14,19H,2-3,12-13H2,1H3,(H,24,33)(H,25,29)(H,26,31)(H,27,32);2-6H2,1H3,(H,9,12);2*3H2,1-2H3/t19-;;;/m0.../s1. The molecular weight excluding hydrogens is 686 g/mol. The fraction of sp³-hybridized carbons (Fsp3) is 0.486. The van der Waals surface area contributed by atoms with Gasteiger partial charge >= 0.3 is 12.2 Å². The molecule has 7 amide bonds. The van der Waals surface area contributed by atoms with Crippen LogP contribution in [0.2, 0.25) is 0 Å². The number of likely N-dealkylation sites (tertiary alicyclic amines) is 2. The molecule has 2 fully saturated rings. The Balaban J connectivity index is 0.000000609. The Bertz CT molecular complexity index is 1450. The van der Waals surface area contributed by atoms with E-state index in [0.29, 0.717) is 48.4 Å². The summed E-state index contributed by atoms with van der Waals surface area (Å²) in [6.45, 7) is 10.3. The van der Waals surface area contributed by atoms with Crippen molar-refractivity contribution in [3.05, 3.63) is 54.1 Å². The number of rotatable bonds is 10. The van der Waals surface area contributed by atoms with Gasteiger partial charge in [0.2, 0.25) is 24.1 Å². The minimum absolute atomic E-state index is 0.0344. The average Bonchev–Trinajstić information content (AvgIpc) is 3.89. The Hall–Kier alpha value is -5.67. The fourth-order valence-electron chi connectivity index (χ4n) is 4.81. The molecule has 16 nitrogen and oxygen atoms in total. The van der Waals surface area contributed by atoms with E-state index in [1.165, 1.54) is 32.0 Å². The molecule has 2 aromatic carbocycles. The lowest BCUT2D eigenvalue weighted by atomic mass is 10.1. The van der Waals surface area contributed by atoms with Gasteiger partial charge in [0, 0.05) is 42.3 Å². The van der Waals surface area contributed by atoms with Crippen LogP contribution in [0, 0.1) is 0 Å². The molecule has 0 spiro atoms. The number of amides is 7. The van der Waals surface area contributed by atoms with Crippen molar-refractivity contribution in [2.45, 2.75) is 72.3 Å². The van der Waals surface area contributed by atoms with Crippen molar-refractivity contribution in [3.8, 4) is 0 Å².